The van der Waals surface area contributed by atoms with Gasteiger partial charge in [-0.2, -0.15) is 0 Å². The van der Waals surface area contributed by atoms with E-state index in [0.717, 1.165) is 12.8 Å². The van der Waals surface area contributed by atoms with Gasteiger partial charge in [-0.05, 0) is 25.2 Å². The van der Waals surface area contributed by atoms with Crippen molar-refractivity contribution >= 4 is 5.91 Å². The number of rotatable bonds is 5. The maximum absolute atomic E-state index is 11.4. The van der Waals surface area contributed by atoms with Gasteiger partial charge in [-0.3, -0.25) is 4.79 Å². The van der Waals surface area contributed by atoms with Crippen LogP contribution in [0.15, 0.2) is 0 Å². The lowest BCUT2D eigenvalue weighted by Gasteiger charge is -2.19. The molecule has 1 aliphatic rings. The molecule has 0 aromatic heterocycles. The summed E-state index contributed by atoms with van der Waals surface area (Å²) in [6, 6.07) is -0.169. The molecule has 0 unspecified atom stereocenters. The fraction of sp³-hybridized carbons (Fsp3) is 0.900. The van der Waals surface area contributed by atoms with Gasteiger partial charge in [0.15, 0.2) is 0 Å². The van der Waals surface area contributed by atoms with E-state index in [2.05, 4.69) is 5.32 Å². The summed E-state index contributed by atoms with van der Waals surface area (Å²) in [6.45, 7) is 4.04. The standard InChI is InChI=1S/C10H20N2O2/c1-6(2)5-8(11)9(13)10(14)12-7-3-4-7/h6-9,13H,3-5,11H2,1-2H3,(H,12,14)/t8-,9-/m0/s1. The number of aliphatic hydroxyl groups is 1. The van der Waals surface area contributed by atoms with Crippen LogP contribution in [0.5, 0.6) is 0 Å². The van der Waals surface area contributed by atoms with Crippen molar-refractivity contribution in [2.45, 2.75) is 51.3 Å². The van der Waals surface area contributed by atoms with Crippen molar-refractivity contribution in [2.24, 2.45) is 11.7 Å². The van der Waals surface area contributed by atoms with E-state index in [1.807, 2.05) is 13.8 Å². The molecule has 0 radical (unpaired) electrons. The molecule has 0 aliphatic heterocycles. The zero-order valence-electron chi connectivity index (χ0n) is 8.86. The molecule has 2 atom stereocenters. The SMILES string of the molecule is CC(C)C[C@H](N)[C@H](O)C(=O)NC1CC1. The summed E-state index contributed by atoms with van der Waals surface area (Å²) >= 11 is 0. The molecule has 1 rings (SSSR count). The molecule has 82 valence electrons. The molecule has 0 bridgehead atoms. The Balaban J connectivity index is 2.29. The normalized spacial score (nSPS) is 20.6. The van der Waals surface area contributed by atoms with Crippen LogP contribution in [0.3, 0.4) is 0 Å². The Kier molecular flexibility index (Phi) is 3.89. The Morgan fingerprint density at radius 3 is 2.57 bits per heavy atom. The number of hydrogen-bond donors (Lipinski definition) is 3. The van der Waals surface area contributed by atoms with Gasteiger partial charge in [0.1, 0.15) is 6.10 Å². The van der Waals surface area contributed by atoms with Crippen molar-refractivity contribution < 1.29 is 9.90 Å². The number of nitrogens with two attached hydrogens (primary N) is 1. The van der Waals surface area contributed by atoms with Crippen molar-refractivity contribution in [3.8, 4) is 0 Å². The lowest BCUT2D eigenvalue weighted by Crippen LogP contribution is -2.47. The molecule has 1 amide bonds. The van der Waals surface area contributed by atoms with Crippen LogP contribution in [0, 0.1) is 5.92 Å². The first-order valence-electron chi connectivity index (χ1n) is 5.24. The number of nitrogens with one attached hydrogen (secondary N) is 1. The van der Waals surface area contributed by atoms with Crippen LogP contribution in [0.1, 0.15) is 33.1 Å². The molecule has 0 heterocycles. The van der Waals surface area contributed by atoms with Gasteiger partial charge in [-0.25, -0.2) is 0 Å². The molecule has 14 heavy (non-hydrogen) atoms. The van der Waals surface area contributed by atoms with E-state index in [4.69, 9.17) is 5.73 Å². The molecule has 0 spiro atoms. The predicted octanol–water partition coefficient (Wildman–Crippen LogP) is -0.000700. The second-order valence-electron chi connectivity index (χ2n) is 4.52. The van der Waals surface area contributed by atoms with E-state index in [9.17, 15) is 9.90 Å². The van der Waals surface area contributed by atoms with Crippen molar-refractivity contribution in [2.75, 3.05) is 0 Å². The van der Waals surface area contributed by atoms with Crippen LogP contribution in [0.2, 0.25) is 0 Å². The summed E-state index contributed by atoms with van der Waals surface area (Å²) in [4.78, 5) is 11.4. The largest absolute Gasteiger partial charge is 0.382 e. The molecule has 0 aromatic carbocycles. The third-order valence-corrected chi connectivity index (χ3v) is 2.34. The predicted molar refractivity (Wildman–Crippen MR) is 54.6 cm³/mol. The van der Waals surface area contributed by atoms with Crippen LogP contribution in [0.4, 0.5) is 0 Å². The molecular weight excluding hydrogens is 180 g/mol. The minimum absolute atomic E-state index is 0.281. The van der Waals surface area contributed by atoms with E-state index in [1.54, 1.807) is 0 Å². The Morgan fingerprint density at radius 1 is 1.57 bits per heavy atom. The summed E-state index contributed by atoms with van der Waals surface area (Å²) in [7, 11) is 0. The van der Waals surface area contributed by atoms with Crippen LogP contribution in [-0.4, -0.2) is 29.2 Å². The molecular formula is C10H20N2O2. The van der Waals surface area contributed by atoms with Crippen molar-refractivity contribution in [1.29, 1.82) is 0 Å². The molecule has 4 heteroatoms. The van der Waals surface area contributed by atoms with E-state index in [0.29, 0.717) is 12.3 Å². The van der Waals surface area contributed by atoms with Gasteiger partial charge in [0.2, 0.25) is 0 Å². The summed E-state index contributed by atoms with van der Waals surface area (Å²) in [6.07, 6.45) is 1.66. The minimum Gasteiger partial charge on any atom is -0.382 e. The van der Waals surface area contributed by atoms with E-state index in [1.165, 1.54) is 0 Å². The van der Waals surface area contributed by atoms with E-state index < -0.39 is 12.1 Å². The summed E-state index contributed by atoms with van der Waals surface area (Å²) in [5.74, 6) is 0.0778. The zero-order valence-corrected chi connectivity index (χ0v) is 8.86. The van der Waals surface area contributed by atoms with Crippen molar-refractivity contribution in [3.63, 3.8) is 0 Å². The lowest BCUT2D eigenvalue weighted by atomic mass is 9.99. The highest BCUT2D eigenvalue weighted by Gasteiger charge is 2.29. The van der Waals surface area contributed by atoms with Gasteiger partial charge >= 0.3 is 0 Å². The van der Waals surface area contributed by atoms with Crippen molar-refractivity contribution in [3.05, 3.63) is 0 Å². The number of amides is 1. The average Bonchev–Trinajstić information content (AvgIpc) is 2.85. The fourth-order valence-corrected chi connectivity index (χ4v) is 1.38. The van der Waals surface area contributed by atoms with Crippen LogP contribution in [0.25, 0.3) is 0 Å². The van der Waals surface area contributed by atoms with Gasteiger partial charge in [0.05, 0.1) is 0 Å². The smallest absolute Gasteiger partial charge is 0.250 e. The highest BCUT2D eigenvalue weighted by molar-refractivity contribution is 5.81. The number of carbonyl (C=O) groups excluding carboxylic acids is 1. The van der Waals surface area contributed by atoms with Gasteiger partial charge in [-0.15, -0.1) is 0 Å². The van der Waals surface area contributed by atoms with Crippen LogP contribution >= 0.6 is 0 Å². The second-order valence-corrected chi connectivity index (χ2v) is 4.52. The third kappa shape index (κ3) is 3.64. The number of hydrogen-bond acceptors (Lipinski definition) is 3. The lowest BCUT2D eigenvalue weighted by molar-refractivity contribution is -0.130. The molecule has 0 aromatic rings. The summed E-state index contributed by atoms with van der Waals surface area (Å²) < 4.78 is 0. The van der Waals surface area contributed by atoms with E-state index in [-0.39, 0.29) is 11.9 Å². The maximum atomic E-state index is 11.4. The molecule has 1 saturated carbocycles. The van der Waals surface area contributed by atoms with Crippen LogP contribution < -0.4 is 11.1 Å². The quantitative estimate of drug-likeness (QED) is 0.584. The Morgan fingerprint density at radius 2 is 2.14 bits per heavy atom. The molecule has 4 nitrogen and oxygen atoms in total. The van der Waals surface area contributed by atoms with Gasteiger partial charge in [0.25, 0.3) is 5.91 Å². The first-order chi connectivity index (χ1) is 6.50. The Bertz CT molecular complexity index is 202. The molecule has 4 N–H and O–H groups in total. The fourth-order valence-electron chi connectivity index (χ4n) is 1.38. The second kappa shape index (κ2) is 4.75. The summed E-state index contributed by atoms with van der Waals surface area (Å²) in [5.41, 5.74) is 5.70. The van der Waals surface area contributed by atoms with Crippen LogP contribution in [-0.2, 0) is 4.79 Å². The maximum Gasteiger partial charge on any atom is 0.250 e. The molecule has 1 aliphatic carbocycles. The topological polar surface area (TPSA) is 75.3 Å². The van der Waals surface area contributed by atoms with E-state index >= 15 is 0 Å². The van der Waals surface area contributed by atoms with Crippen molar-refractivity contribution in [1.82, 2.24) is 5.32 Å². The minimum atomic E-state index is -1.06. The Hall–Kier alpha value is -0.610. The average molecular weight is 200 g/mol. The number of carbonyl (C=O) groups is 1. The Labute approximate surface area is 84.9 Å². The molecule has 0 saturated heterocycles. The summed E-state index contributed by atoms with van der Waals surface area (Å²) in [5, 5.41) is 12.3. The third-order valence-electron chi connectivity index (χ3n) is 2.34. The highest BCUT2D eigenvalue weighted by atomic mass is 16.3. The number of aliphatic hydroxyl groups excluding tert-OH is 1. The molecule has 1 fully saturated rings. The van der Waals surface area contributed by atoms with Gasteiger partial charge < -0.3 is 16.2 Å². The first-order valence-corrected chi connectivity index (χ1v) is 5.24. The van der Waals surface area contributed by atoms with Gasteiger partial charge in [0, 0.05) is 12.1 Å². The monoisotopic (exact) mass is 200 g/mol. The first kappa shape index (κ1) is 11.5. The zero-order chi connectivity index (χ0) is 10.7. The van der Waals surface area contributed by atoms with Gasteiger partial charge in [-0.1, -0.05) is 13.8 Å². The highest BCUT2D eigenvalue weighted by Crippen LogP contribution is 2.19.